The number of methoxy groups -OCH3 is 1. The molecule has 1 saturated carbocycles. The number of ether oxygens (including phenoxy) is 2. The van der Waals surface area contributed by atoms with Crippen molar-refractivity contribution < 1.29 is 9.47 Å². The standard InChI is InChI=1S/C17H24N6O3/c1-22-15(20-21-17(22)24)14-12(11-3-4-11)6-8-23(14)16-18-7-5-13(19-16)26-10-9-25-2/h5,7,11-12,14H,3-4,6,8-10H2,1-2H3,(H,21,24). The lowest BCUT2D eigenvalue weighted by molar-refractivity contribution is 0.143. The van der Waals surface area contributed by atoms with Gasteiger partial charge in [0.2, 0.25) is 11.8 Å². The fraction of sp³-hybridized carbons (Fsp3) is 0.647. The van der Waals surface area contributed by atoms with Crippen LogP contribution in [0.1, 0.15) is 31.1 Å². The van der Waals surface area contributed by atoms with Gasteiger partial charge < -0.3 is 14.4 Å². The van der Waals surface area contributed by atoms with Crippen molar-refractivity contribution >= 4 is 5.95 Å². The Kier molecular flexibility index (Phi) is 4.62. The summed E-state index contributed by atoms with van der Waals surface area (Å²) in [5.74, 6) is 3.04. The Hall–Kier alpha value is -2.42. The molecule has 1 saturated heterocycles. The van der Waals surface area contributed by atoms with E-state index in [0.29, 0.717) is 36.9 Å². The zero-order valence-electron chi connectivity index (χ0n) is 15.1. The summed E-state index contributed by atoms with van der Waals surface area (Å²) in [6.07, 6.45) is 5.24. The molecule has 0 amide bonds. The Balaban J connectivity index is 1.63. The molecule has 4 rings (SSSR count). The molecule has 2 aromatic rings. The number of nitrogens with one attached hydrogen (secondary N) is 1. The molecular formula is C17H24N6O3. The molecule has 9 nitrogen and oxygen atoms in total. The van der Waals surface area contributed by atoms with E-state index < -0.39 is 0 Å². The summed E-state index contributed by atoms with van der Waals surface area (Å²) < 4.78 is 12.2. The van der Waals surface area contributed by atoms with E-state index in [-0.39, 0.29) is 11.7 Å². The molecule has 2 aromatic heterocycles. The monoisotopic (exact) mass is 360 g/mol. The first kappa shape index (κ1) is 17.0. The van der Waals surface area contributed by atoms with Gasteiger partial charge in [0, 0.05) is 33.0 Å². The predicted octanol–water partition coefficient (Wildman–Crippen LogP) is 0.901. The third-order valence-electron chi connectivity index (χ3n) is 5.26. The SMILES string of the molecule is COCCOc1ccnc(N2CCC(C3CC3)C2c2n[nH]c(=O)n2C)n1. The van der Waals surface area contributed by atoms with Gasteiger partial charge in [0.05, 0.1) is 12.6 Å². The Labute approximate surface area is 151 Å². The lowest BCUT2D eigenvalue weighted by atomic mass is 9.94. The second-order valence-corrected chi connectivity index (χ2v) is 6.91. The second kappa shape index (κ2) is 7.06. The number of H-pyrrole nitrogens is 1. The normalized spacial score (nSPS) is 22.8. The van der Waals surface area contributed by atoms with E-state index in [9.17, 15) is 4.79 Å². The molecule has 2 aliphatic rings. The lowest BCUT2D eigenvalue weighted by Crippen LogP contribution is -2.31. The van der Waals surface area contributed by atoms with Crippen LogP contribution in [0.3, 0.4) is 0 Å². The van der Waals surface area contributed by atoms with Gasteiger partial charge in [0.1, 0.15) is 6.61 Å². The van der Waals surface area contributed by atoms with E-state index in [1.165, 1.54) is 12.8 Å². The zero-order chi connectivity index (χ0) is 18.1. The predicted molar refractivity (Wildman–Crippen MR) is 94.1 cm³/mol. The highest BCUT2D eigenvalue weighted by molar-refractivity contribution is 5.38. The van der Waals surface area contributed by atoms with E-state index in [0.717, 1.165) is 18.8 Å². The summed E-state index contributed by atoms with van der Waals surface area (Å²) >= 11 is 0. The van der Waals surface area contributed by atoms with Gasteiger partial charge >= 0.3 is 5.69 Å². The Morgan fingerprint density at radius 2 is 2.15 bits per heavy atom. The fourth-order valence-corrected chi connectivity index (χ4v) is 3.79. The summed E-state index contributed by atoms with van der Waals surface area (Å²) in [6, 6.07) is 1.74. The summed E-state index contributed by atoms with van der Waals surface area (Å²) in [5, 5.41) is 6.86. The van der Waals surface area contributed by atoms with E-state index in [4.69, 9.17) is 9.47 Å². The van der Waals surface area contributed by atoms with Crippen molar-refractivity contribution in [1.29, 1.82) is 0 Å². The van der Waals surface area contributed by atoms with Crippen LogP contribution in [0.2, 0.25) is 0 Å². The van der Waals surface area contributed by atoms with Crippen LogP contribution >= 0.6 is 0 Å². The van der Waals surface area contributed by atoms with Crippen LogP contribution < -0.4 is 15.3 Å². The van der Waals surface area contributed by atoms with Gasteiger partial charge in [-0.1, -0.05) is 0 Å². The van der Waals surface area contributed by atoms with E-state index in [2.05, 4.69) is 25.1 Å². The van der Waals surface area contributed by atoms with Crippen molar-refractivity contribution in [1.82, 2.24) is 24.7 Å². The van der Waals surface area contributed by atoms with Crippen molar-refractivity contribution in [3.8, 4) is 5.88 Å². The minimum atomic E-state index is -0.195. The van der Waals surface area contributed by atoms with Gasteiger partial charge in [0.25, 0.3) is 0 Å². The number of nitrogens with zero attached hydrogens (tertiary/aromatic N) is 5. The van der Waals surface area contributed by atoms with Crippen LogP contribution in [0, 0.1) is 11.8 Å². The van der Waals surface area contributed by atoms with Gasteiger partial charge in [-0.25, -0.2) is 14.9 Å². The molecule has 2 atom stereocenters. The highest BCUT2D eigenvalue weighted by atomic mass is 16.5. The number of aromatic nitrogens is 5. The Morgan fingerprint density at radius 1 is 1.31 bits per heavy atom. The largest absolute Gasteiger partial charge is 0.475 e. The van der Waals surface area contributed by atoms with E-state index >= 15 is 0 Å². The fourth-order valence-electron chi connectivity index (χ4n) is 3.79. The molecule has 0 radical (unpaired) electrons. The molecule has 2 unspecified atom stereocenters. The summed E-state index contributed by atoms with van der Waals surface area (Å²) in [5.41, 5.74) is -0.195. The van der Waals surface area contributed by atoms with Crippen molar-refractivity contribution in [2.24, 2.45) is 18.9 Å². The number of rotatable bonds is 7. The number of hydrogen-bond acceptors (Lipinski definition) is 7. The third kappa shape index (κ3) is 3.18. The average Bonchev–Trinajstić information content (AvgIpc) is 3.32. The molecule has 0 spiro atoms. The molecular weight excluding hydrogens is 336 g/mol. The third-order valence-corrected chi connectivity index (χ3v) is 5.26. The number of hydrogen-bond donors (Lipinski definition) is 1. The van der Waals surface area contributed by atoms with Gasteiger partial charge in [-0.3, -0.25) is 4.57 Å². The van der Waals surface area contributed by atoms with Crippen LogP contribution in [0.5, 0.6) is 5.88 Å². The van der Waals surface area contributed by atoms with Gasteiger partial charge in [0.15, 0.2) is 5.82 Å². The second-order valence-electron chi connectivity index (χ2n) is 6.91. The molecule has 0 bridgehead atoms. The van der Waals surface area contributed by atoms with Gasteiger partial charge in [-0.15, -0.1) is 0 Å². The average molecular weight is 360 g/mol. The van der Waals surface area contributed by atoms with Crippen molar-refractivity contribution in [2.75, 3.05) is 31.8 Å². The summed E-state index contributed by atoms with van der Waals surface area (Å²) in [4.78, 5) is 23.1. The first-order valence-electron chi connectivity index (χ1n) is 9.01. The highest BCUT2D eigenvalue weighted by Gasteiger charge is 2.46. The Morgan fingerprint density at radius 3 is 2.85 bits per heavy atom. The highest BCUT2D eigenvalue weighted by Crippen LogP contribution is 2.50. The maximum absolute atomic E-state index is 11.9. The van der Waals surface area contributed by atoms with Crippen molar-refractivity contribution in [3.05, 3.63) is 28.6 Å². The van der Waals surface area contributed by atoms with Crippen LogP contribution in [0.15, 0.2) is 17.1 Å². The van der Waals surface area contributed by atoms with Gasteiger partial charge in [-0.2, -0.15) is 10.1 Å². The smallest absolute Gasteiger partial charge is 0.343 e. The first-order chi connectivity index (χ1) is 12.7. The molecule has 1 N–H and O–H groups in total. The lowest BCUT2D eigenvalue weighted by Gasteiger charge is -2.27. The quantitative estimate of drug-likeness (QED) is 0.733. The van der Waals surface area contributed by atoms with Crippen molar-refractivity contribution in [2.45, 2.75) is 25.3 Å². The number of aromatic amines is 1. The maximum Gasteiger partial charge on any atom is 0.343 e. The molecule has 1 aliphatic carbocycles. The molecule has 26 heavy (non-hydrogen) atoms. The Bertz CT molecular complexity index is 815. The molecule has 0 aromatic carbocycles. The topological polar surface area (TPSA) is 98.2 Å². The number of anilines is 1. The molecule has 1 aliphatic heterocycles. The maximum atomic E-state index is 11.9. The molecule has 140 valence electrons. The van der Waals surface area contributed by atoms with Crippen LogP contribution in [-0.4, -0.2) is 51.6 Å². The van der Waals surface area contributed by atoms with E-state index in [1.807, 2.05) is 0 Å². The first-order valence-corrected chi connectivity index (χ1v) is 9.01. The summed E-state index contributed by atoms with van der Waals surface area (Å²) in [7, 11) is 3.39. The van der Waals surface area contributed by atoms with Crippen LogP contribution in [-0.2, 0) is 11.8 Å². The van der Waals surface area contributed by atoms with Crippen molar-refractivity contribution in [3.63, 3.8) is 0 Å². The van der Waals surface area contributed by atoms with Crippen LogP contribution in [0.25, 0.3) is 0 Å². The van der Waals surface area contributed by atoms with Gasteiger partial charge in [-0.05, 0) is 31.1 Å². The molecule has 2 fully saturated rings. The molecule has 9 heteroatoms. The van der Waals surface area contributed by atoms with E-state index in [1.54, 1.807) is 31.0 Å². The molecule has 3 heterocycles. The minimum Gasteiger partial charge on any atom is -0.475 e. The zero-order valence-corrected chi connectivity index (χ0v) is 15.1. The minimum absolute atomic E-state index is 0.000625. The summed E-state index contributed by atoms with van der Waals surface area (Å²) in [6.45, 7) is 1.79. The van der Waals surface area contributed by atoms with Crippen LogP contribution in [0.4, 0.5) is 5.95 Å².